The highest BCUT2D eigenvalue weighted by atomic mass is 32.1. The zero-order valence-corrected chi connectivity index (χ0v) is 14.8. The molecule has 0 saturated heterocycles. The van der Waals surface area contributed by atoms with Crippen LogP contribution in [0.4, 0.5) is 0 Å². The number of hydrogen-bond acceptors (Lipinski definition) is 3. The van der Waals surface area contributed by atoms with Gasteiger partial charge in [0.25, 0.3) is 0 Å². The van der Waals surface area contributed by atoms with Gasteiger partial charge in [-0.25, -0.2) is 4.98 Å². The summed E-state index contributed by atoms with van der Waals surface area (Å²) in [4.78, 5) is 10.1. The summed E-state index contributed by atoms with van der Waals surface area (Å²) in [5.74, 6) is 1.60. The van der Waals surface area contributed by atoms with Crippen LogP contribution < -0.4 is 10.6 Å². The fraction of sp³-hybridized carbons (Fsp3) is 0.444. The molecule has 1 aliphatic carbocycles. The third-order valence-electron chi connectivity index (χ3n) is 4.23. The minimum Gasteiger partial charge on any atom is -0.353 e. The molecule has 23 heavy (non-hydrogen) atoms. The molecule has 2 N–H and O–H groups in total. The van der Waals surface area contributed by atoms with Gasteiger partial charge in [-0.1, -0.05) is 30.3 Å². The third kappa shape index (κ3) is 4.32. The smallest absolute Gasteiger partial charge is 0.191 e. The van der Waals surface area contributed by atoms with Crippen molar-refractivity contribution in [3.8, 4) is 0 Å². The summed E-state index contributed by atoms with van der Waals surface area (Å²) in [5, 5.41) is 8.05. The van der Waals surface area contributed by atoms with Gasteiger partial charge in [-0.05, 0) is 38.2 Å². The number of rotatable bonds is 5. The molecule has 5 heteroatoms. The lowest BCUT2D eigenvalue weighted by atomic mass is 10.1. The molecule has 1 aromatic heterocycles. The number of nitrogens with one attached hydrogen (secondary N) is 2. The summed E-state index contributed by atoms with van der Waals surface area (Å²) < 4.78 is 0. The topological polar surface area (TPSA) is 49.3 Å². The van der Waals surface area contributed by atoms with Crippen LogP contribution in [0, 0.1) is 19.8 Å². The second kappa shape index (κ2) is 7.13. The number of hydrogen-bond donors (Lipinski definition) is 2. The first-order valence-electron chi connectivity index (χ1n) is 8.09. The first-order valence-corrected chi connectivity index (χ1v) is 8.91. The Hall–Kier alpha value is -1.88. The SMILES string of the molecule is CN=C(NCc1sc(C)nc1C)NC1CC1Cc1ccccc1. The van der Waals surface area contributed by atoms with E-state index in [9.17, 15) is 0 Å². The maximum absolute atomic E-state index is 4.47. The molecule has 2 aromatic rings. The van der Waals surface area contributed by atoms with E-state index < -0.39 is 0 Å². The van der Waals surface area contributed by atoms with E-state index in [2.05, 4.69) is 57.9 Å². The molecule has 0 radical (unpaired) electrons. The molecule has 2 unspecified atom stereocenters. The molecule has 4 nitrogen and oxygen atoms in total. The average Bonchev–Trinajstić information content (AvgIpc) is 3.18. The zero-order valence-electron chi connectivity index (χ0n) is 14.0. The van der Waals surface area contributed by atoms with Crippen molar-refractivity contribution >= 4 is 17.3 Å². The maximum atomic E-state index is 4.47. The molecule has 3 rings (SSSR count). The zero-order chi connectivity index (χ0) is 16.2. The molecule has 0 amide bonds. The summed E-state index contributed by atoms with van der Waals surface area (Å²) in [6.07, 6.45) is 2.36. The van der Waals surface area contributed by atoms with Gasteiger partial charge in [-0.2, -0.15) is 0 Å². The van der Waals surface area contributed by atoms with Crippen molar-refractivity contribution in [2.45, 2.75) is 39.3 Å². The van der Waals surface area contributed by atoms with E-state index >= 15 is 0 Å². The number of aliphatic imine (C=N–C) groups is 1. The quantitative estimate of drug-likeness (QED) is 0.655. The van der Waals surface area contributed by atoms with Crippen molar-refractivity contribution in [2.75, 3.05) is 7.05 Å². The number of aryl methyl sites for hydroxylation is 2. The van der Waals surface area contributed by atoms with E-state index in [0.717, 1.165) is 29.6 Å². The molecular weight excluding hydrogens is 304 g/mol. The summed E-state index contributed by atoms with van der Waals surface area (Å²) in [6, 6.07) is 11.2. The lowest BCUT2D eigenvalue weighted by molar-refractivity contribution is 0.721. The second-order valence-electron chi connectivity index (χ2n) is 6.10. The van der Waals surface area contributed by atoms with Crippen molar-refractivity contribution in [1.29, 1.82) is 0 Å². The van der Waals surface area contributed by atoms with Gasteiger partial charge in [0.2, 0.25) is 0 Å². The highest BCUT2D eigenvalue weighted by molar-refractivity contribution is 7.11. The van der Waals surface area contributed by atoms with Crippen LogP contribution in [0.15, 0.2) is 35.3 Å². The van der Waals surface area contributed by atoms with E-state index in [1.807, 2.05) is 14.0 Å². The largest absolute Gasteiger partial charge is 0.353 e. The number of guanidine groups is 1. The molecule has 1 aliphatic rings. The molecule has 1 saturated carbocycles. The average molecular weight is 328 g/mol. The highest BCUT2D eigenvalue weighted by Gasteiger charge is 2.37. The van der Waals surface area contributed by atoms with Crippen LogP contribution in [-0.4, -0.2) is 24.0 Å². The summed E-state index contributed by atoms with van der Waals surface area (Å²) in [6.45, 7) is 4.90. The van der Waals surface area contributed by atoms with Crippen LogP contribution in [0.25, 0.3) is 0 Å². The van der Waals surface area contributed by atoms with E-state index in [1.165, 1.54) is 16.9 Å². The minimum atomic E-state index is 0.533. The van der Waals surface area contributed by atoms with E-state index in [-0.39, 0.29) is 0 Å². The Bertz CT molecular complexity index is 678. The van der Waals surface area contributed by atoms with Crippen LogP contribution in [-0.2, 0) is 13.0 Å². The van der Waals surface area contributed by atoms with E-state index in [0.29, 0.717) is 12.0 Å². The molecular formula is C18H24N4S. The molecule has 2 atom stereocenters. The van der Waals surface area contributed by atoms with Crippen molar-refractivity contribution in [3.05, 3.63) is 51.5 Å². The molecule has 0 spiro atoms. The molecule has 1 fully saturated rings. The van der Waals surface area contributed by atoms with Gasteiger partial charge in [0.1, 0.15) is 0 Å². The Balaban J connectivity index is 1.46. The van der Waals surface area contributed by atoms with Crippen molar-refractivity contribution in [3.63, 3.8) is 0 Å². The van der Waals surface area contributed by atoms with Gasteiger partial charge in [0.15, 0.2) is 5.96 Å². The van der Waals surface area contributed by atoms with Crippen molar-refractivity contribution in [1.82, 2.24) is 15.6 Å². The Morgan fingerprint density at radius 3 is 2.74 bits per heavy atom. The molecule has 122 valence electrons. The number of aromatic nitrogens is 1. The fourth-order valence-electron chi connectivity index (χ4n) is 2.84. The lowest BCUT2D eigenvalue weighted by Gasteiger charge is -2.11. The molecule has 1 heterocycles. The Morgan fingerprint density at radius 2 is 2.09 bits per heavy atom. The molecule has 0 aliphatic heterocycles. The maximum Gasteiger partial charge on any atom is 0.191 e. The van der Waals surface area contributed by atoms with Gasteiger partial charge in [0.05, 0.1) is 17.2 Å². The minimum absolute atomic E-state index is 0.533. The van der Waals surface area contributed by atoms with Gasteiger partial charge in [-0.15, -0.1) is 11.3 Å². The van der Waals surface area contributed by atoms with Gasteiger partial charge < -0.3 is 10.6 Å². The van der Waals surface area contributed by atoms with Crippen LogP contribution in [0.1, 0.15) is 27.6 Å². The Kier molecular flexibility index (Phi) is 4.96. The highest BCUT2D eigenvalue weighted by Crippen LogP contribution is 2.33. The first kappa shape index (κ1) is 16.0. The van der Waals surface area contributed by atoms with Crippen LogP contribution in [0.5, 0.6) is 0 Å². The van der Waals surface area contributed by atoms with Gasteiger partial charge in [0, 0.05) is 18.0 Å². The van der Waals surface area contributed by atoms with Crippen LogP contribution in [0.2, 0.25) is 0 Å². The summed E-state index contributed by atoms with van der Waals surface area (Å²) in [5.41, 5.74) is 2.53. The predicted molar refractivity (Wildman–Crippen MR) is 97.0 cm³/mol. The number of nitrogens with zero attached hydrogens (tertiary/aromatic N) is 2. The van der Waals surface area contributed by atoms with E-state index in [4.69, 9.17) is 0 Å². The predicted octanol–water partition coefficient (Wildman–Crippen LogP) is 3.06. The fourth-order valence-corrected chi connectivity index (χ4v) is 3.72. The lowest BCUT2D eigenvalue weighted by Crippen LogP contribution is -2.38. The Labute approximate surface area is 142 Å². The normalized spacial score (nSPS) is 20.4. The van der Waals surface area contributed by atoms with E-state index in [1.54, 1.807) is 11.3 Å². The molecule has 0 bridgehead atoms. The number of benzene rings is 1. The van der Waals surface area contributed by atoms with Gasteiger partial charge in [-0.3, -0.25) is 4.99 Å². The van der Waals surface area contributed by atoms with Crippen LogP contribution >= 0.6 is 11.3 Å². The first-order chi connectivity index (χ1) is 11.2. The second-order valence-corrected chi connectivity index (χ2v) is 7.39. The Morgan fingerprint density at radius 1 is 1.30 bits per heavy atom. The summed E-state index contributed by atoms with van der Waals surface area (Å²) >= 11 is 1.75. The standard InChI is InChI=1S/C18H24N4S/c1-12-17(23-13(2)21-12)11-20-18(19-3)22-16-10-15(16)9-14-7-5-4-6-8-14/h4-8,15-16H,9-11H2,1-3H3,(H2,19,20,22). The van der Waals surface area contributed by atoms with Crippen molar-refractivity contribution < 1.29 is 0 Å². The monoisotopic (exact) mass is 328 g/mol. The van der Waals surface area contributed by atoms with Crippen LogP contribution in [0.3, 0.4) is 0 Å². The summed E-state index contributed by atoms with van der Waals surface area (Å²) in [7, 11) is 1.83. The third-order valence-corrected chi connectivity index (χ3v) is 5.30. The number of thiazole rings is 1. The molecule has 1 aromatic carbocycles. The van der Waals surface area contributed by atoms with Gasteiger partial charge >= 0.3 is 0 Å². The van der Waals surface area contributed by atoms with Crippen molar-refractivity contribution in [2.24, 2.45) is 10.9 Å².